The van der Waals surface area contributed by atoms with E-state index in [0.717, 1.165) is 22.5 Å². The van der Waals surface area contributed by atoms with Crippen LogP contribution in [0.5, 0.6) is 0 Å². The third-order valence-corrected chi connectivity index (χ3v) is 4.84. The lowest BCUT2D eigenvalue weighted by Gasteiger charge is -2.20. The van der Waals surface area contributed by atoms with Crippen LogP contribution in [0.2, 0.25) is 0 Å². The third-order valence-electron chi connectivity index (χ3n) is 4.84. The molecule has 1 aromatic carbocycles. The molecule has 0 radical (unpaired) electrons. The van der Waals surface area contributed by atoms with Crippen molar-refractivity contribution in [2.75, 3.05) is 13.1 Å². The van der Waals surface area contributed by atoms with Gasteiger partial charge in [-0.25, -0.2) is 19.7 Å². The Bertz CT molecular complexity index is 1140. The predicted molar refractivity (Wildman–Crippen MR) is 109 cm³/mol. The fraction of sp³-hybridized carbons (Fsp3) is 0.227. The highest BCUT2D eigenvalue weighted by atomic mass is 19.4. The van der Waals surface area contributed by atoms with Crippen molar-refractivity contribution in [3.63, 3.8) is 0 Å². The van der Waals surface area contributed by atoms with Gasteiger partial charge in [0.05, 0.1) is 5.69 Å². The topological polar surface area (TPSA) is 96.3 Å². The van der Waals surface area contributed by atoms with E-state index in [0.29, 0.717) is 31.5 Å². The van der Waals surface area contributed by atoms with Crippen molar-refractivity contribution in [3.05, 3.63) is 77.8 Å². The molecule has 2 aromatic heterocycles. The molecule has 1 amide bonds. The normalized spacial score (nSPS) is 13.3. The molecule has 0 saturated heterocycles. The van der Waals surface area contributed by atoms with E-state index in [1.165, 1.54) is 12.3 Å². The van der Waals surface area contributed by atoms with E-state index >= 15 is 0 Å². The highest BCUT2D eigenvalue weighted by Crippen LogP contribution is 2.26. The van der Waals surface area contributed by atoms with Crippen LogP contribution in [0.3, 0.4) is 0 Å². The Morgan fingerprint density at radius 2 is 1.64 bits per heavy atom. The number of benzene rings is 1. The van der Waals surface area contributed by atoms with Crippen molar-refractivity contribution in [3.8, 4) is 11.3 Å². The van der Waals surface area contributed by atoms with Gasteiger partial charge < -0.3 is 10.0 Å². The molecule has 33 heavy (non-hydrogen) atoms. The smallest absolute Gasteiger partial charge is 0.475 e. The first-order chi connectivity index (χ1) is 15.7. The Balaban J connectivity index is 0.000000383. The second kappa shape index (κ2) is 10.2. The SMILES string of the molecule is O=C(O)C(F)(F)F.O=C(c1ccnc(F)c1)N1CCc2ncnc(-c3ccccc3)c2CC1. The summed E-state index contributed by atoms with van der Waals surface area (Å²) in [5, 5.41) is 7.12. The maximum atomic E-state index is 13.3. The molecule has 11 heteroatoms. The molecule has 7 nitrogen and oxygen atoms in total. The molecule has 4 rings (SSSR count). The van der Waals surface area contributed by atoms with E-state index in [-0.39, 0.29) is 5.91 Å². The number of rotatable bonds is 2. The minimum Gasteiger partial charge on any atom is -0.475 e. The lowest BCUT2D eigenvalue weighted by Crippen LogP contribution is -2.33. The van der Waals surface area contributed by atoms with E-state index in [9.17, 15) is 22.4 Å². The molecule has 0 saturated carbocycles. The number of aliphatic carboxylic acids is 1. The molecule has 0 unspecified atom stereocenters. The predicted octanol–water partition coefficient (Wildman–Crippen LogP) is 3.55. The largest absolute Gasteiger partial charge is 0.490 e. The van der Waals surface area contributed by atoms with Gasteiger partial charge >= 0.3 is 12.1 Å². The monoisotopic (exact) mass is 462 g/mol. The van der Waals surface area contributed by atoms with Crippen molar-refractivity contribution in [2.24, 2.45) is 0 Å². The number of carboxylic acid groups (broad SMARTS) is 1. The number of carboxylic acids is 1. The third kappa shape index (κ3) is 6.09. The summed E-state index contributed by atoms with van der Waals surface area (Å²) in [5.41, 5.74) is 4.32. The van der Waals surface area contributed by atoms with Gasteiger partial charge in [-0.15, -0.1) is 0 Å². The number of carbonyl (C=O) groups excluding carboxylic acids is 1. The number of halogens is 4. The summed E-state index contributed by atoms with van der Waals surface area (Å²) in [6.07, 6.45) is -0.873. The number of carbonyl (C=O) groups is 2. The van der Waals surface area contributed by atoms with Crippen molar-refractivity contribution in [1.82, 2.24) is 19.9 Å². The van der Waals surface area contributed by atoms with E-state index in [1.807, 2.05) is 30.3 Å². The summed E-state index contributed by atoms with van der Waals surface area (Å²) in [7, 11) is 0. The van der Waals surface area contributed by atoms with Crippen LogP contribution >= 0.6 is 0 Å². The van der Waals surface area contributed by atoms with Gasteiger partial charge in [0.25, 0.3) is 5.91 Å². The quantitative estimate of drug-likeness (QED) is 0.462. The molecule has 0 spiro atoms. The number of alkyl halides is 3. The van der Waals surface area contributed by atoms with E-state index in [4.69, 9.17) is 9.90 Å². The summed E-state index contributed by atoms with van der Waals surface area (Å²) in [4.78, 5) is 35.7. The second-order valence-electron chi connectivity index (χ2n) is 6.98. The zero-order chi connectivity index (χ0) is 24.0. The Morgan fingerprint density at radius 3 is 2.27 bits per heavy atom. The molecule has 0 aliphatic carbocycles. The average molecular weight is 462 g/mol. The summed E-state index contributed by atoms with van der Waals surface area (Å²) >= 11 is 0. The lowest BCUT2D eigenvalue weighted by molar-refractivity contribution is -0.192. The van der Waals surface area contributed by atoms with Crippen molar-refractivity contribution in [1.29, 1.82) is 0 Å². The second-order valence-corrected chi connectivity index (χ2v) is 6.98. The van der Waals surface area contributed by atoms with Crippen molar-refractivity contribution >= 4 is 11.9 Å². The maximum absolute atomic E-state index is 13.3. The van der Waals surface area contributed by atoms with Crippen molar-refractivity contribution in [2.45, 2.75) is 19.0 Å². The Hall–Kier alpha value is -3.89. The van der Waals surface area contributed by atoms with Crippen molar-refractivity contribution < 1.29 is 32.3 Å². The Labute approximate surface area is 185 Å². The molecular formula is C22H18F4N4O3. The zero-order valence-corrected chi connectivity index (χ0v) is 17.1. The summed E-state index contributed by atoms with van der Waals surface area (Å²) < 4.78 is 45.1. The molecular weight excluding hydrogens is 444 g/mol. The Morgan fingerprint density at radius 1 is 0.970 bits per heavy atom. The summed E-state index contributed by atoms with van der Waals surface area (Å²) in [5.74, 6) is -3.59. The number of nitrogens with zero attached hydrogens (tertiary/aromatic N) is 4. The molecule has 0 atom stereocenters. The van der Waals surface area contributed by atoms with Crippen LogP contribution in [0.15, 0.2) is 55.0 Å². The molecule has 0 bridgehead atoms. The van der Waals surface area contributed by atoms with E-state index < -0.39 is 18.1 Å². The van der Waals surface area contributed by atoms with Gasteiger partial charge in [-0.2, -0.15) is 17.6 Å². The van der Waals surface area contributed by atoms with Crippen LogP contribution in [0.4, 0.5) is 17.6 Å². The lowest BCUT2D eigenvalue weighted by atomic mass is 10.0. The molecule has 3 heterocycles. The summed E-state index contributed by atoms with van der Waals surface area (Å²) in [6, 6.07) is 12.7. The highest BCUT2D eigenvalue weighted by Gasteiger charge is 2.38. The maximum Gasteiger partial charge on any atom is 0.490 e. The molecule has 1 N–H and O–H groups in total. The van der Waals surface area contributed by atoms with Crippen LogP contribution in [-0.2, 0) is 17.6 Å². The number of hydrogen-bond acceptors (Lipinski definition) is 5. The average Bonchev–Trinajstić information content (AvgIpc) is 3.02. The molecule has 3 aromatic rings. The number of hydrogen-bond donors (Lipinski definition) is 1. The number of aromatic nitrogens is 3. The molecule has 1 aliphatic rings. The molecule has 0 fully saturated rings. The first kappa shape index (κ1) is 23.8. The number of fused-ring (bicyclic) bond motifs is 1. The fourth-order valence-electron chi connectivity index (χ4n) is 3.29. The number of amides is 1. The van der Waals surface area contributed by atoms with Gasteiger partial charge in [-0.3, -0.25) is 4.79 Å². The van der Waals surface area contributed by atoms with Gasteiger partial charge in [0, 0.05) is 54.2 Å². The van der Waals surface area contributed by atoms with E-state index in [2.05, 4.69) is 15.0 Å². The number of pyridine rings is 1. The van der Waals surface area contributed by atoms with Gasteiger partial charge in [0.2, 0.25) is 5.95 Å². The van der Waals surface area contributed by atoms with Gasteiger partial charge in [-0.1, -0.05) is 30.3 Å². The van der Waals surface area contributed by atoms with E-state index in [1.54, 1.807) is 17.3 Å². The van der Waals surface area contributed by atoms with Gasteiger partial charge in [0.15, 0.2) is 0 Å². The minimum atomic E-state index is -5.08. The summed E-state index contributed by atoms with van der Waals surface area (Å²) in [6.45, 7) is 1.09. The highest BCUT2D eigenvalue weighted by molar-refractivity contribution is 5.94. The minimum absolute atomic E-state index is 0.187. The Kier molecular flexibility index (Phi) is 7.31. The van der Waals surface area contributed by atoms with Crippen LogP contribution in [0.1, 0.15) is 21.6 Å². The van der Waals surface area contributed by atoms with Gasteiger partial charge in [0.1, 0.15) is 6.33 Å². The van der Waals surface area contributed by atoms with Crippen LogP contribution in [-0.4, -0.2) is 56.1 Å². The first-order valence-corrected chi connectivity index (χ1v) is 9.76. The van der Waals surface area contributed by atoms with Crippen LogP contribution < -0.4 is 0 Å². The van der Waals surface area contributed by atoms with Crippen LogP contribution in [0, 0.1) is 5.95 Å². The molecule has 172 valence electrons. The fourth-order valence-corrected chi connectivity index (χ4v) is 3.29. The van der Waals surface area contributed by atoms with Gasteiger partial charge in [-0.05, 0) is 12.5 Å². The first-order valence-electron chi connectivity index (χ1n) is 9.76. The van der Waals surface area contributed by atoms with Crippen LogP contribution in [0.25, 0.3) is 11.3 Å². The molecule has 1 aliphatic heterocycles. The zero-order valence-electron chi connectivity index (χ0n) is 17.1. The standard InChI is InChI=1S/C20H17FN4O.C2HF3O2/c21-18-12-15(6-9-22-18)20(26)25-10-7-16-17(8-11-25)23-13-24-19(16)14-4-2-1-3-5-14;3-2(4,5)1(6)7/h1-6,9,12-13H,7-8,10-11H2;(H,6,7).